The van der Waals surface area contributed by atoms with Gasteiger partial charge in [-0.2, -0.15) is 4.58 Å². The van der Waals surface area contributed by atoms with E-state index in [9.17, 15) is 25.2 Å². The molecule has 5 aromatic carbocycles. The number of ether oxygens (including phenoxy) is 1. The molecule has 1 atom stereocenters. The number of rotatable bonds is 14. The standard InChI is InChI=1S/C51H55N2O.F6P/c1-5-8-31-52-45(43-19-11-15-37-17-13-21-47(52)50(37)43)29-25-40-34-36(4)35-41(49(40)39-23-27-42(28-24-39)54-33-10-7-3)26-30-46-44-20-12-16-38-18-14-22-48(51(38)44)53(46)32-9-6-2;1-7(2,3,4,5)6/h11-30,36H,5-10,31-35H2,1-4H3;/q+1;-1. The summed E-state index contributed by atoms with van der Waals surface area (Å²) >= 11 is 0. The molecule has 0 fully saturated rings. The summed E-state index contributed by atoms with van der Waals surface area (Å²) in [6.07, 6.45) is 18.7. The van der Waals surface area contributed by atoms with E-state index in [2.05, 4.69) is 158 Å². The SMILES string of the molecule is CCCCOc1ccc(C2=C(/C=C/C3=[N+](CCCC)c4cccc5cccc3c45)CC(C)C/C2=C\C=c2/c3cccc4cccc(c43)n2CCCC)cc1.F[P-](F)(F)(F)(F)F. The van der Waals surface area contributed by atoms with Crippen molar-refractivity contribution in [2.75, 3.05) is 13.2 Å². The van der Waals surface area contributed by atoms with E-state index in [0.29, 0.717) is 5.92 Å². The number of nitrogens with zero attached hydrogens (tertiary/aromatic N) is 2. The average Bonchev–Trinajstić information content (AvgIpc) is 3.69. The Morgan fingerprint density at radius 2 is 1.34 bits per heavy atom. The quantitative estimate of drug-likeness (QED) is 0.0462. The zero-order valence-electron chi connectivity index (χ0n) is 35.4. The number of benzene rings is 5. The van der Waals surface area contributed by atoms with E-state index in [0.717, 1.165) is 64.0 Å². The van der Waals surface area contributed by atoms with E-state index < -0.39 is 7.81 Å². The van der Waals surface area contributed by atoms with Gasteiger partial charge in [-0.25, -0.2) is 0 Å². The summed E-state index contributed by atoms with van der Waals surface area (Å²) < 4.78 is 70.5. The van der Waals surface area contributed by atoms with Crippen molar-refractivity contribution in [3.8, 4) is 5.75 Å². The molecule has 0 radical (unpaired) electrons. The summed E-state index contributed by atoms with van der Waals surface area (Å²) in [6.45, 7) is 12.0. The summed E-state index contributed by atoms with van der Waals surface area (Å²) in [4.78, 5) is 0. The Kier molecular flexibility index (Phi) is 12.5. The van der Waals surface area contributed by atoms with E-state index in [1.165, 1.54) is 89.9 Å². The van der Waals surface area contributed by atoms with Crippen molar-refractivity contribution >= 4 is 63.3 Å². The molecule has 1 aliphatic heterocycles. The molecule has 0 N–H and O–H groups in total. The Balaban J connectivity index is 0.000000739. The van der Waals surface area contributed by atoms with Gasteiger partial charge in [0.2, 0.25) is 11.4 Å². The van der Waals surface area contributed by atoms with Gasteiger partial charge in [-0.15, -0.1) is 0 Å². The predicted octanol–water partition coefficient (Wildman–Crippen LogP) is 16.1. The molecule has 61 heavy (non-hydrogen) atoms. The van der Waals surface area contributed by atoms with E-state index >= 15 is 0 Å². The van der Waals surface area contributed by atoms with Crippen LogP contribution in [0.1, 0.15) is 90.2 Å². The predicted molar refractivity (Wildman–Crippen MR) is 245 cm³/mol. The number of aryl methyl sites for hydroxylation is 1. The minimum absolute atomic E-state index is 0.528. The van der Waals surface area contributed by atoms with Gasteiger partial charge >= 0.3 is 33.0 Å². The number of unbranched alkanes of at least 4 members (excludes halogenated alkanes) is 3. The van der Waals surface area contributed by atoms with Crippen LogP contribution in [-0.2, 0) is 6.54 Å². The third kappa shape index (κ3) is 10.7. The van der Waals surface area contributed by atoms with E-state index in [-0.39, 0.29) is 0 Å². The van der Waals surface area contributed by atoms with Gasteiger partial charge in [0.1, 0.15) is 12.3 Å². The van der Waals surface area contributed by atoms with Gasteiger partial charge < -0.3 is 9.30 Å². The number of aromatic nitrogens is 1. The molecule has 0 bridgehead atoms. The van der Waals surface area contributed by atoms with Crippen LogP contribution in [0.25, 0.3) is 44.1 Å². The first-order chi connectivity index (χ1) is 29.0. The fraction of sp³-hybridized carbons (Fsp3) is 0.314. The molecule has 2 heterocycles. The second-order valence-electron chi connectivity index (χ2n) is 16.4. The number of halogens is 6. The number of hydrogen-bond donors (Lipinski definition) is 0. The molecule has 1 aliphatic carbocycles. The zero-order valence-corrected chi connectivity index (χ0v) is 36.3. The molecule has 0 amide bonds. The number of allylic oxidation sites excluding steroid dienone is 6. The fourth-order valence-corrected chi connectivity index (χ4v) is 8.86. The van der Waals surface area contributed by atoms with Gasteiger partial charge in [0.25, 0.3) is 0 Å². The summed E-state index contributed by atoms with van der Waals surface area (Å²) in [7, 11) is -10.7. The zero-order chi connectivity index (χ0) is 43.4. The van der Waals surface area contributed by atoms with Crippen molar-refractivity contribution in [1.29, 1.82) is 0 Å². The van der Waals surface area contributed by atoms with E-state index in [1.54, 1.807) is 0 Å². The molecule has 1 aromatic heterocycles. The summed E-state index contributed by atoms with van der Waals surface area (Å²) in [5, 5.41) is 8.06. The van der Waals surface area contributed by atoms with Gasteiger partial charge in [-0.1, -0.05) is 126 Å². The molecule has 322 valence electrons. The Bertz CT molecular complexity index is 2720. The summed E-state index contributed by atoms with van der Waals surface area (Å²) in [5.41, 5.74) is 10.8. The molecule has 1 unspecified atom stereocenters. The first kappa shape index (κ1) is 43.9. The Morgan fingerprint density at radius 1 is 0.705 bits per heavy atom. The van der Waals surface area contributed by atoms with Crippen LogP contribution in [0.15, 0.2) is 126 Å². The first-order valence-corrected chi connectivity index (χ1v) is 23.7. The van der Waals surface area contributed by atoms with E-state index in [4.69, 9.17) is 4.74 Å². The van der Waals surface area contributed by atoms with Crippen molar-refractivity contribution in [2.45, 2.75) is 85.6 Å². The first-order valence-electron chi connectivity index (χ1n) is 21.6. The van der Waals surface area contributed by atoms with Gasteiger partial charge in [0, 0.05) is 46.7 Å². The van der Waals surface area contributed by atoms with Crippen LogP contribution >= 0.6 is 7.81 Å². The Hall–Kier alpha value is -5.14. The molecular formula is C51H55F6N2OP. The van der Waals surface area contributed by atoms with Crippen LogP contribution in [0, 0.1) is 5.92 Å². The minimum atomic E-state index is -10.7. The monoisotopic (exact) mass is 856 g/mol. The maximum atomic E-state index is 9.87. The van der Waals surface area contributed by atoms with Crippen LogP contribution in [0.4, 0.5) is 30.9 Å². The Labute approximate surface area is 354 Å². The molecule has 3 nitrogen and oxygen atoms in total. The third-order valence-corrected chi connectivity index (χ3v) is 11.5. The molecule has 0 spiro atoms. The van der Waals surface area contributed by atoms with Crippen LogP contribution < -0.4 is 10.1 Å². The molecule has 0 saturated heterocycles. The topological polar surface area (TPSA) is 17.2 Å². The van der Waals surface area contributed by atoms with Crippen LogP contribution in [0.3, 0.4) is 0 Å². The molecule has 6 aromatic rings. The van der Waals surface area contributed by atoms with Gasteiger partial charge in [0.15, 0.2) is 0 Å². The van der Waals surface area contributed by atoms with E-state index in [1.807, 2.05) is 0 Å². The Morgan fingerprint density at radius 3 is 2.03 bits per heavy atom. The normalized spacial score (nSPS) is 17.8. The molecule has 2 aliphatic rings. The van der Waals surface area contributed by atoms with Crippen molar-refractivity contribution in [3.05, 3.63) is 143 Å². The second kappa shape index (κ2) is 17.3. The molecule has 10 heteroatoms. The van der Waals surface area contributed by atoms with Gasteiger partial charge in [-0.05, 0) is 95.0 Å². The molecule has 0 saturated carbocycles. The van der Waals surface area contributed by atoms with Crippen LogP contribution in [0.2, 0.25) is 0 Å². The van der Waals surface area contributed by atoms with Gasteiger partial charge in [0.05, 0.1) is 17.6 Å². The van der Waals surface area contributed by atoms with Crippen molar-refractivity contribution < 1.29 is 34.5 Å². The van der Waals surface area contributed by atoms with Crippen molar-refractivity contribution in [3.63, 3.8) is 0 Å². The summed E-state index contributed by atoms with van der Waals surface area (Å²) in [6, 6.07) is 36.0. The summed E-state index contributed by atoms with van der Waals surface area (Å²) in [5.74, 6) is 1.48. The fourth-order valence-electron chi connectivity index (χ4n) is 8.86. The maximum absolute atomic E-state index is 10.7. The van der Waals surface area contributed by atoms with Crippen molar-refractivity contribution in [2.24, 2.45) is 5.92 Å². The second-order valence-corrected chi connectivity index (χ2v) is 18.3. The van der Waals surface area contributed by atoms with Crippen molar-refractivity contribution in [1.82, 2.24) is 4.57 Å². The third-order valence-electron chi connectivity index (χ3n) is 11.5. The average molecular weight is 857 g/mol. The molecule has 8 rings (SSSR count). The van der Waals surface area contributed by atoms with Crippen LogP contribution in [-0.4, -0.2) is 28.0 Å². The van der Waals surface area contributed by atoms with Crippen LogP contribution in [0.5, 0.6) is 5.75 Å². The number of hydrogen-bond acceptors (Lipinski definition) is 1. The van der Waals surface area contributed by atoms with Gasteiger partial charge in [-0.3, -0.25) is 0 Å². The molecular weight excluding hydrogens is 802 g/mol.